The lowest BCUT2D eigenvalue weighted by Crippen LogP contribution is -2.54. The molecular formula is C15H31N3O. The van der Waals surface area contributed by atoms with E-state index >= 15 is 0 Å². The molecule has 112 valence electrons. The van der Waals surface area contributed by atoms with Gasteiger partial charge in [-0.1, -0.05) is 13.8 Å². The molecule has 0 aromatic heterocycles. The van der Waals surface area contributed by atoms with Gasteiger partial charge in [0.25, 0.3) is 0 Å². The quantitative estimate of drug-likeness (QED) is 0.778. The van der Waals surface area contributed by atoms with Gasteiger partial charge in [-0.05, 0) is 31.2 Å². The molecule has 2 aliphatic rings. The van der Waals surface area contributed by atoms with E-state index in [2.05, 4.69) is 36.4 Å². The molecule has 0 radical (unpaired) electrons. The molecule has 2 rings (SSSR count). The average molecular weight is 269 g/mol. The highest BCUT2D eigenvalue weighted by Crippen LogP contribution is 2.32. The molecule has 0 aromatic rings. The molecule has 2 heterocycles. The second-order valence-electron chi connectivity index (χ2n) is 6.73. The van der Waals surface area contributed by atoms with Crippen molar-refractivity contribution >= 4 is 0 Å². The summed E-state index contributed by atoms with van der Waals surface area (Å²) in [6.45, 7) is 12.6. The number of nitrogens with zero attached hydrogens (tertiary/aromatic N) is 1. The smallest absolute Gasteiger partial charge is 0.0469 e. The molecule has 4 heteroatoms. The molecule has 4 nitrogen and oxygen atoms in total. The Morgan fingerprint density at radius 2 is 1.89 bits per heavy atom. The van der Waals surface area contributed by atoms with Crippen LogP contribution in [0, 0.1) is 11.3 Å². The van der Waals surface area contributed by atoms with Crippen molar-refractivity contribution in [1.29, 1.82) is 0 Å². The zero-order chi connectivity index (χ0) is 13.7. The van der Waals surface area contributed by atoms with Crippen LogP contribution in [0.4, 0.5) is 0 Å². The van der Waals surface area contributed by atoms with E-state index in [1.54, 1.807) is 0 Å². The summed E-state index contributed by atoms with van der Waals surface area (Å²) in [6.07, 6.45) is 2.41. The van der Waals surface area contributed by atoms with Gasteiger partial charge in [0.05, 0.1) is 0 Å². The van der Waals surface area contributed by atoms with Crippen LogP contribution in [0.15, 0.2) is 0 Å². The molecule has 1 unspecified atom stereocenters. The highest BCUT2D eigenvalue weighted by molar-refractivity contribution is 4.92. The maximum Gasteiger partial charge on any atom is 0.0469 e. The first-order chi connectivity index (χ1) is 9.13. The Morgan fingerprint density at radius 1 is 1.26 bits per heavy atom. The molecule has 1 atom stereocenters. The van der Waals surface area contributed by atoms with E-state index in [9.17, 15) is 0 Å². The minimum Gasteiger partial charge on any atom is -0.381 e. The Labute approximate surface area is 118 Å². The lowest BCUT2D eigenvalue weighted by molar-refractivity contribution is 0.0228. The molecule has 2 fully saturated rings. The zero-order valence-corrected chi connectivity index (χ0v) is 12.9. The second-order valence-corrected chi connectivity index (χ2v) is 6.73. The Morgan fingerprint density at radius 3 is 2.47 bits per heavy atom. The molecule has 0 spiro atoms. The van der Waals surface area contributed by atoms with Crippen LogP contribution < -0.4 is 10.6 Å². The first-order valence-corrected chi connectivity index (χ1v) is 7.81. The molecular weight excluding hydrogens is 238 g/mol. The van der Waals surface area contributed by atoms with Gasteiger partial charge in [-0.2, -0.15) is 0 Å². The SMILES string of the molecule is CNC(C1CCOCC1)C(C)(C)CN1CCNCC1. The van der Waals surface area contributed by atoms with Crippen molar-refractivity contribution in [3.63, 3.8) is 0 Å². The predicted molar refractivity (Wildman–Crippen MR) is 79.5 cm³/mol. The van der Waals surface area contributed by atoms with Crippen LogP contribution in [0.25, 0.3) is 0 Å². The van der Waals surface area contributed by atoms with Gasteiger partial charge in [-0.15, -0.1) is 0 Å². The lowest BCUT2D eigenvalue weighted by atomic mass is 9.74. The fourth-order valence-electron chi connectivity index (χ4n) is 3.86. The van der Waals surface area contributed by atoms with E-state index in [0.29, 0.717) is 11.5 Å². The maximum absolute atomic E-state index is 5.51. The highest BCUT2D eigenvalue weighted by atomic mass is 16.5. The minimum absolute atomic E-state index is 0.314. The number of nitrogens with one attached hydrogen (secondary N) is 2. The topological polar surface area (TPSA) is 36.5 Å². The van der Waals surface area contributed by atoms with Crippen molar-refractivity contribution in [2.24, 2.45) is 11.3 Å². The summed E-state index contributed by atoms with van der Waals surface area (Å²) in [4.78, 5) is 2.61. The number of hydrogen-bond acceptors (Lipinski definition) is 4. The van der Waals surface area contributed by atoms with Gasteiger partial charge in [0, 0.05) is 52.0 Å². The first kappa shape index (κ1) is 15.2. The molecule has 2 aliphatic heterocycles. The van der Waals surface area contributed by atoms with Crippen LogP contribution in [0.1, 0.15) is 26.7 Å². The van der Waals surface area contributed by atoms with Gasteiger partial charge in [0.2, 0.25) is 0 Å². The Bertz CT molecular complexity index is 258. The third-order valence-corrected chi connectivity index (χ3v) is 4.73. The van der Waals surface area contributed by atoms with Gasteiger partial charge in [0.1, 0.15) is 0 Å². The number of ether oxygens (including phenoxy) is 1. The number of piperazine rings is 1. The summed E-state index contributed by atoms with van der Waals surface area (Å²) in [6, 6.07) is 0.589. The van der Waals surface area contributed by atoms with Gasteiger partial charge in [0.15, 0.2) is 0 Å². The monoisotopic (exact) mass is 269 g/mol. The van der Waals surface area contributed by atoms with Crippen LogP contribution in [-0.2, 0) is 4.74 Å². The molecule has 2 saturated heterocycles. The summed E-state index contributed by atoms with van der Waals surface area (Å²) in [7, 11) is 2.12. The van der Waals surface area contributed by atoms with E-state index < -0.39 is 0 Å². The van der Waals surface area contributed by atoms with E-state index in [1.165, 1.54) is 32.5 Å². The Balaban J connectivity index is 1.93. The summed E-state index contributed by atoms with van der Waals surface area (Å²) >= 11 is 0. The Hall–Kier alpha value is -0.160. The number of hydrogen-bond donors (Lipinski definition) is 2. The molecule has 0 aromatic carbocycles. The van der Waals surface area contributed by atoms with Gasteiger partial charge in [-0.25, -0.2) is 0 Å². The fourth-order valence-corrected chi connectivity index (χ4v) is 3.86. The molecule has 0 aliphatic carbocycles. The van der Waals surface area contributed by atoms with Crippen LogP contribution in [0.3, 0.4) is 0 Å². The first-order valence-electron chi connectivity index (χ1n) is 7.81. The van der Waals surface area contributed by atoms with Crippen LogP contribution in [-0.4, -0.2) is 63.9 Å². The largest absolute Gasteiger partial charge is 0.381 e. The molecule has 2 N–H and O–H groups in total. The zero-order valence-electron chi connectivity index (χ0n) is 12.9. The van der Waals surface area contributed by atoms with Crippen LogP contribution in [0.5, 0.6) is 0 Å². The van der Waals surface area contributed by atoms with E-state index in [-0.39, 0.29) is 0 Å². The summed E-state index contributed by atoms with van der Waals surface area (Å²) < 4.78 is 5.51. The molecule has 19 heavy (non-hydrogen) atoms. The van der Waals surface area contributed by atoms with Crippen molar-refractivity contribution in [1.82, 2.24) is 15.5 Å². The van der Waals surface area contributed by atoms with E-state index in [1.807, 2.05) is 0 Å². The second kappa shape index (κ2) is 7.02. The highest BCUT2D eigenvalue weighted by Gasteiger charge is 2.36. The Kier molecular flexibility index (Phi) is 5.63. The minimum atomic E-state index is 0.314. The van der Waals surface area contributed by atoms with Crippen LogP contribution >= 0.6 is 0 Å². The van der Waals surface area contributed by atoms with Crippen molar-refractivity contribution < 1.29 is 4.74 Å². The molecule has 0 amide bonds. The van der Waals surface area contributed by atoms with E-state index in [4.69, 9.17) is 4.74 Å². The van der Waals surface area contributed by atoms with Gasteiger partial charge >= 0.3 is 0 Å². The van der Waals surface area contributed by atoms with Crippen molar-refractivity contribution in [3.8, 4) is 0 Å². The maximum atomic E-state index is 5.51. The average Bonchev–Trinajstić information content (AvgIpc) is 2.41. The molecule has 0 bridgehead atoms. The lowest BCUT2D eigenvalue weighted by Gasteiger charge is -2.44. The normalized spacial score (nSPS) is 25.4. The van der Waals surface area contributed by atoms with Crippen LogP contribution in [0.2, 0.25) is 0 Å². The third-order valence-electron chi connectivity index (χ3n) is 4.73. The van der Waals surface area contributed by atoms with E-state index in [0.717, 1.165) is 32.2 Å². The standard InChI is InChI=1S/C15H31N3O/c1-15(2,12-18-8-6-17-7-9-18)14(16-3)13-4-10-19-11-5-13/h13-14,16-17H,4-12H2,1-3H3. The van der Waals surface area contributed by atoms with Crippen molar-refractivity contribution in [2.45, 2.75) is 32.7 Å². The summed E-state index contributed by atoms with van der Waals surface area (Å²) in [5, 5.41) is 7.04. The number of rotatable bonds is 5. The summed E-state index contributed by atoms with van der Waals surface area (Å²) in [5.74, 6) is 0.761. The van der Waals surface area contributed by atoms with Gasteiger partial charge in [-0.3, -0.25) is 0 Å². The fraction of sp³-hybridized carbons (Fsp3) is 1.00. The molecule has 0 saturated carbocycles. The van der Waals surface area contributed by atoms with Gasteiger partial charge < -0.3 is 20.3 Å². The third kappa shape index (κ3) is 4.15. The summed E-state index contributed by atoms with van der Waals surface area (Å²) in [5.41, 5.74) is 0.314. The predicted octanol–water partition coefficient (Wildman–Crippen LogP) is 0.932. The van der Waals surface area contributed by atoms with Crippen molar-refractivity contribution in [2.75, 3.05) is 53.0 Å². The van der Waals surface area contributed by atoms with Crippen molar-refractivity contribution in [3.05, 3.63) is 0 Å².